The molecule has 0 unspecified atom stereocenters. The maximum atomic E-state index is 10.9. The second-order valence-electron chi connectivity index (χ2n) is 6.38. The Bertz CT molecular complexity index is 788. The van der Waals surface area contributed by atoms with Crippen molar-refractivity contribution in [2.75, 3.05) is 19.6 Å². The van der Waals surface area contributed by atoms with E-state index in [1.807, 2.05) is 17.0 Å². The first-order valence-electron chi connectivity index (χ1n) is 7.99. The first kappa shape index (κ1) is 14.3. The van der Waals surface area contributed by atoms with Crippen molar-refractivity contribution >= 4 is 22.8 Å². The van der Waals surface area contributed by atoms with Gasteiger partial charge in [-0.2, -0.15) is 0 Å². The number of rotatable bonds is 2. The van der Waals surface area contributed by atoms with Crippen molar-refractivity contribution in [3.05, 3.63) is 48.0 Å². The Morgan fingerprint density at radius 1 is 1.17 bits per heavy atom. The summed E-state index contributed by atoms with van der Waals surface area (Å²) in [6.45, 7) is 1.60. The number of likely N-dealkylation sites (tertiary alicyclic amines) is 1. The Morgan fingerprint density at radius 2 is 1.96 bits per heavy atom. The summed E-state index contributed by atoms with van der Waals surface area (Å²) in [7, 11) is 0. The first-order chi connectivity index (χ1) is 11.2. The van der Waals surface area contributed by atoms with Gasteiger partial charge in [0.2, 0.25) is 0 Å². The Labute approximate surface area is 135 Å². The summed E-state index contributed by atoms with van der Waals surface area (Å²) in [5, 5.41) is 11.3. The second kappa shape index (κ2) is 5.39. The van der Waals surface area contributed by atoms with Crippen molar-refractivity contribution in [3.63, 3.8) is 0 Å². The van der Waals surface area contributed by atoms with Crippen LogP contribution in [0.4, 0.5) is 0 Å². The Balaban J connectivity index is 1.62. The highest BCUT2D eigenvalue weighted by molar-refractivity contribution is 5.92. The molecule has 0 aliphatic carbocycles. The summed E-state index contributed by atoms with van der Waals surface area (Å²) in [6, 6.07) is 12.5. The number of aliphatic carboxylic acids is 1. The SMILES string of the molecule is O=C(O)CN1CCC2(C=Cc3ccc4ccccc4c3O2)CC1. The van der Waals surface area contributed by atoms with E-state index in [0.717, 1.165) is 42.6 Å². The highest BCUT2D eigenvalue weighted by atomic mass is 16.5. The molecule has 0 bridgehead atoms. The van der Waals surface area contributed by atoms with Crippen molar-refractivity contribution < 1.29 is 14.6 Å². The molecule has 1 N–H and O–H groups in total. The Hall–Kier alpha value is -2.33. The average Bonchev–Trinajstić information content (AvgIpc) is 2.57. The monoisotopic (exact) mass is 309 g/mol. The van der Waals surface area contributed by atoms with Crippen LogP contribution in [0.15, 0.2) is 42.5 Å². The van der Waals surface area contributed by atoms with Gasteiger partial charge in [0.15, 0.2) is 0 Å². The lowest BCUT2D eigenvalue weighted by Crippen LogP contribution is -2.48. The molecule has 4 rings (SSSR count). The standard InChI is InChI=1S/C19H19NO3/c21-17(22)13-20-11-9-19(10-12-20)8-7-15-6-5-14-3-1-2-4-16(14)18(15)23-19/h1-8H,9-13H2,(H,21,22). The van der Waals surface area contributed by atoms with Gasteiger partial charge in [-0.25, -0.2) is 0 Å². The predicted molar refractivity (Wildman–Crippen MR) is 89.7 cm³/mol. The van der Waals surface area contributed by atoms with E-state index < -0.39 is 5.97 Å². The third-order valence-electron chi connectivity index (χ3n) is 4.84. The number of ether oxygens (including phenoxy) is 1. The largest absolute Gasteiger partial charge is 0.482 e. The molecule has 1 saturated heterocycles. The average molecular weight is 309 g/mol. The van der Waals surface area contributed by atoms with Gasteiger partial charge in [-0.15, -0.1) is 0 Å². The number of carbonyl (C=O) groups is 1. The quantitative estimate of drug-likeness (QED) is 0.926. The van der Waals surface area contributed by atoms with Crippen molar-refractivity contribution in [2.24, 2.45) is 0 Å². The topological polar surface area (TPSA) is 49.8 Å². The summed E-state index contributed by atoms with van der Waals surface area (Å²) in [6.07, 6.45) is 5.94. The van der Waals surface area contributed by atoms with Gasteiger partial charge in [0.05, 0.1) is 6.54 Å². The second-order valence-corrected chi connectivity index (χ2v) is 6.38. The van der Waals surface area contributed by atoms with E-state index in [1.165, 1.54) is 5.39 Å². The lowest BCUT2D eigenvalue weighted by Gasteiger charge is -2.41. The molecule has 0 saturated carbocycles. The molecule has 118 valence electrons. The number of carboxylic acids is 1. The summed E-state index contributed by atoms with van der Waals surface area (Å²) in [5.74, 6) is 0.190. The van der Waals surface area contributed by atoms with Gasteiger partial charge in [0.25, 0.3) is 0 Å². The number of hydrogen-bond acceptors (Lipinski definition) is 3. The van der Waals surface area contributed by atoms with Gasteiger partial charge in [-0.05, 0) is 11.5 Å². The van der Waals surface area contributed by atoms with Crippen molar-refractivity contribution in [2.45, 2.75) is 18.4 Å². The lowest BCUT2D eigenvalue weighted by atomic mass is 9.87. The maximum Gasteiger partial charge on any atom is 0.317 e. The number of fused-ring (bicyclic) bond motifs is 3. The van der Waals surface area contributed by atoms with Crippen LogP contribution in [0.1, 0.15) is 18.4 Å². The summed E-state index contributed by atoms with van der Waals surface area (Å²) >= 11 is 0. The molecule has 0 radical (unpaired) electrons. The molecule has 0 aromatic heterocycles. The minimum absolute atomic E-state index is 0.110. The maximum absolute atomic E-state index is 10.9. The Morgan fingerprint density at radius 3 is 2.74 bits per heavy atom. The van der Waals surface area contributed by atoms with E-state index in [-0.39, 0.29) is 12.1 Å². The third-order valence-corrected chi connectivity index (χ3v) is 4.84. The molecule has 0 amide bonds. The van der Waals surface area contributed by atoms with Crippen LogP contribution in [0.2, 0.25) is 0 Å². The molecular weight excluding hydrogens is 290 g/mol. The van der Waals surface area contributed by atoms with Gasteiger partial charge in [-0.3, -0.25) is 9.69 Å². The Kier molecular flexibility index (Phi) is 3.34. The van der Waals surface area contributed by atoms with Crippen LogP contribution in [0.25, 0.3) is 16.8 Å². The molecule has 2 heterocycles. The van der Waals surface area contributed by atoms with Crippen LogP contribution in [0, 0.1) is 0 Å². The van der Waals surface area contributed by atoms with Crippen LogP contribution in [0.3, 0.4) is 0 Å². The molecular formula is C19H19NO3. The zero-order valence-electron chi connectivity index (χ0n) is 12.9. The number of hydrogen-bond donors (Lipinski definition) is 1. The lowest BCUT2D eigenvalue weighted by molar-refractivity contribution is -0.139. The summed E-state index contributed by atoms with van der Waals surface area (Å²) in [4.78, 5) is 12.8. The van der Waals surface area contributed by atoms with Gasteiger partial charge in [0.1, 0.15) is 11.4 Å². The first-order valence-corrected chi connectivity index (χ1v) is 7.99. The molecule has 2 aliphatic rings. The van der Waals surface area contributed by atoms with Crippen LogP contribution >= 0.6 is 0 Å². The van der Waals surface area contributed by atoms with Crippen molar-refractivity contribution in [1.29, 1.82) is 0 Å². The minimum atomic E-state index is -0.766. The molecule has 1 spiro atoms. The fraction of sp³-hybridized carbons (Fsp3) is 0.316. The third kappa shape index (κ3) is 2.59. The zero-order valence-corrected chi connectivity index (χ0v) is 12.9. The highest BCUT2D eigenvalue weighted by Crippen LogP contribution is 2.41. The van der Waals surface area contributed by atoms with E-state index in [9.17, 15) is 4.79 Å². The van der Waals surface area contributed by atoms with E-state index >= 15 is 0 Å². The molecule has 4 nitrogen and oxygen atoms in total. The molecule has 0 atom stereocenters. The molecule has 4 heteroatoms. The number of piperidine rings is 1. The van der Waals surface area contributed by atoms with Crippen LogP contribution < -0.4 is 4.74 Å². The van der Waals surface area contributed by atoms with Gasteiger partial charge >= 0.3 is 5.97 Å². The molecule has 2 aromatic rings. The van der Waals surface area contributed by atoms with Gasteiger partial charge in [0, 0.05) is 36.9 Å². The molecule has 2 aromatic carbocycles. The molecule has 1 fully saturated rings. The number of nitrogens with zero attached hydrogens (tertiary/aromatic N) is 1. The summed E-state index contributed by atoms with van der Waals surface area (Å²) in [5.41, 5.74) is 0.814. The minimum Gasteiger partial charge on any atom is -0.482 e. The van der Waals surface area contributed by atoms with E-state index in [0.29, 0.717) is 0 Å². The fourth-order valence-electron chi connectivity index (χ4n) is 3.53. The van der Waals surface area contributed by atoms with E-state index in [1.54, 1.807) is 0 Å². The summed E-state index contributed by atoms with van der Waals surface area (Å²) < 4.78 is 6.47. The van der Waals surface area contributed by atoms with Crippen molar-refractivity contribution in [1.82, 2.24) is 4.90 Å². The van der Waals surface area contributed by atoms with Crippen LogP contribution in [0.5, 0.6) is 5.75 Å². The number of benzene rings is 2. The van der Waals surface area contributed by atoms with E-state index in [4.69, 9.17) is 9.84 Å². The number of carboxylic acid groups (broad SMARTS) is 1. The highest BCUT2D eigenvalue weighted by Gasteiger charge is 2.37. The molecule has 23 heavy (non-hydrogen) atoms. The zero-order chi connectivity index (χ0) is 15.9. The molecule has 2 aliphatic heterocycles. The van der Waals surface area contributed by atoms with Crippen molar-refractivity contribution in [3.8, 4) is 5.75 Å². The van der Waals surface area contributed by atoms with Gasteiger partial charge in [-0.1, -0.05) is 42.5 Å². The smallest absolute Gasteiger partial charge is 0.317 e. The normalized spacial score (nSPS) is 19.5. The van der Waals surface area contributed by atoms with Crippen LogP contribution in [-0.2, 0) is 4.79 Å². The van der Waals surface area contributed by atoms with Gasteiger partial charge < -0.3 is 9.84 Å². The van der Waals surface area contributed by atoms with E-state index in [2.05, 4.69) is 36.4 Å². The predicted octanol–water partition coefficient (Wildman–Crippen LogP) is 3.16. The van der Waals surface area contributed by atoms with Crippen LogP contribution in [-0.4, -0.2) is 41.2 Å². The fourth-order valence-corrected chi connectivity index (χ4v) is 3.53.